The summed E-state index contributed by atoms with van der Waals surface area (Å²) in [7, 11) is 1.97. The number of fused-ring (bicyclic) bond motifs is 1. The summed E-state index contributed by atoms with van der Waals surface area (Å²) in [6.45, 7) is 4.45. The molecule has 0 saturated carbocycles. The van der Waals surface area contributed by atoms with E-state index in [0.29, 0.717) is 24.2 Å². The van der Waals surface area contributed by atoms with Gasteiger partial charge >= 0.3 is 0 Å². The number of benzene rings is 1. The van der Waals surface area contributed by atoms with Crippen LogP contribution in [0, 0.1) is 0 Å². The van der Waals surface area contributed by atoms with Crippen molar-refractivity contribution in [2.75, 3.05) is 25.0 Å². The molecule has 1 aromatic heterocycles. The molecule has 0 radical (unpaired) electrons. The minimum absolute atomic E-state index is 0. The first-order valence-corrected chi connectivity index (χ1v) is 9.55. The molecule has 154 valence electrons. The number of furan rings is 1. The summed E-state index contributed by atoms with van der Waals surface area (Å²) < 4.78 is 5.75. The molecule has 3 heterocycles. The molecular formula is C21H29Cl2N3O2. The second-order valence-corrected chi connectivity index (χ2v) is 7.45. The molecule has 5 nitrogen and oxygen atoms in total. The Labute approximate surface area is 179 Å². The molecule has 4 rings (SSSR count). The van der Waals surface area contributed by atoms with Gasteiger partial charge in [0.2, 0.25) is 0 Å². The van der Waals surface area contributed by atoms with Crippen molar-refractivity contribution in [1.29, 1.82) is 0 Å². The third-order valence-corrected chi connectivity index (χ3v) is 5.76. The highest BCUT2D eigenvalue weighted by molar-refractivity contribution is 5.95. The van der Waals surface area contributed by atoms with Crippen LogP contribution in [0.1, 0.15) is 41.4 Å². The molecule has 0 bridgehead atoms. The third kappa shape index (κ3) is 4.32. The second-order valence-electron chi connectivity index (χ2n) is 7.45. The fourth-order valence-corrected chi connectivity index (χ4v) is 4.25. The van der Waals surface area contributed by atoms with Crippen molar-refractivity contribution in [2.24, 2.45) is 0 Å². The first kappa shape index (κ1) is 22.6. The normalized spacial score (nSPS) is 20.9. The zero-order valence-corrected chi connectivity index (χ0v) is 18.0. The smallest absolute Gasteiger partial charge is 0.257 e. The monoisotopic (exact) mass is 425 g/mol. The summed E-state index contributed by atoms with van der Waals surface area (Å²) in [5, 5.41) is 3.30. The molecule has 1 saturated heterocycles. The molecule has 7 heteroatoms. The van der Waals surface area contributed by atoms with E-state index in [9.17, 15) is 4.79 Å². The Morgan fingerprint density at radius 1 is 1.25 bits per heavy atom. The lowest BCUT2D eigenvalue weighted by molar-refractivity contribution is 0.0696. The molecule has 2 aliphatic rings. The Bertz CT molecular complexity index is 795. The fraction of sp³-hybridized carbons (Fsp3) is 0.476. The molecule has 2 atom stereocenters. The molecule has 2 aliphatic heterocycles. The van der Waals surface area contributed by atoms with Gasteiger partial charge in [0.05, 0.1) is 18.4 Å². The summed E-state index contributed by atoms with van der Waals surface area (Å²) in [5.41, 5.74) is 3.33. The number of likely N-dealkylation sites (tertiary alicyclic amines) is 1. The highest BCUT2D eigenvalue weighted by Gasteiger charge is 2.30. The van der Waals surface area contributed by atoms with Crippen LogP contribution in [-0.4, -0.2) is 43.0 Å². The van der Waals surface area contributed by atoms with E-state index in [0.717, 1.165) is 38.1 Å². The van der Waals surface area contributed by atoms with Crippen molar-refractivity contribution >= 4 is 36.4 Å². The molecular weight excluding hydrogens is 397 g/mol. The van der Waals surface area contributed by atoms with Gasteiger partial charge in [0.1, 0.15) is 5.76 Å². The van der Waals surface area contributed by atoms with Gasteiger partial charge in [0, 0.05) is 30.9 Å². The number of piperidine rings is 1. The maximum absolute atomic E-state index is 13.1. The van der Waals surface area contributed by atoms with Crippen molar-refractivity contribution in [3.05, 3.63) is 53.5 Å². The van der Waals surface area contributed by atoms with Crippen LogP contribution < -0.4 is 10.2 Å². The molecule has 28 heavy (non-hydrogen) atoms. The van der Waals surface area contributed by atoms with Gasteiger partial charge in [-0.25, -0.2) is 0 Å². The molecule has 0 aliphatic carbocycles. The van der Waals surface area contributed by atoms with Crippen molar-refractivity contribution < 1.29 is 9.21 Å². The van der Waals surface area contributed by atoms with Crippen LogP contribution >= 0.6 is 24.8 Å². The van der Waals surface area contributed by atoms with Gasteiger partial charge in [0.25, 0.3) is 5.91 Å². The summed E-state index contributed by atoms with van der Waals surface area (Å²) in [6.07, 6.45) is 4.85. The average molecular weight is 426 g/mol. The van der Waals surface area contributed by atoms with Crippen LogP contribution in [0.3, 0.4) is 0 Å². The van der Waals surface area contributed by atoms with Crippen LogP contribution in [0.4, 0.5) is 5.69 Å². The molecule has 1 N–H and O–H groups in total. The molecule has 1 aromatic carbocycles. The van der Waals surface area contributed by atoms with E-state index in [1.54, 1.807) is 6.26 Å². The lowest BCUT2D eigenvalue weighted by Gasteiger charge is -2.32. The number of carbonyl (C=O) groups excluding carboxylic acids is 1. The van der Waals surface area contributed by atoms with E-state index in [4.69, 9.17) is 4.42 Å². The molecule has 1 amide bonds. The van der Waals surface area contributed by atoms with E-state index >= 15 is 0 Å². The van der Waals surface area contributed by atoms with Crippen LogP contribution in [0.15, 0.2) is 41.0 Å². The maximum atomic E-state index is 13.1. The summed E-state index contributed by atoms with van der Waals surface area (Å²) in [4.78, 5) is 17.4. The van der Waals surface area contributed by atoms with Crippen molar-refractivity contribution in [1.82, 2.24) is 10.2 Å². The predicted molar refractivity (Wildman–Crippen MR) is 117 cm³/mol. The number of rotatable bonds is 4. The van der Waals surface area contributed by atoms with Gasteiger partial charge in [-0.1, -0.05) is 18.2 Å². The van der Waals surface area contributed by atoms with Gasteiger partial charge in [-0.15, -0.1) is 24.8 Å². The van der Waals surface area contributed by atoms with Crippen molar-refractivity contribution in [3.8, 4) is 0 Å². The van der Waals surface area contributed by atoms with Crippen molar-refractivity contribution in [2.45, 2.75) is 44.8 Å². The number of para-hydroxylation sites is 1. The van der Waals surface area contributed by atoms with Gasteiger partial charge < -0.3 is 19.5 Å². The molecule has 2 unspecified atom stereocenters. The SMILES string of the molecule is CNC1CCCN(C(=O)c2ccoc2CN2c3ccccc3CC2C)C1.Cl.Cl. The lowest BCUT2D eigenvalue weighted by atomic mass is 10.0. The molecule has 2 aromatic rings. The number of nitrogens with zero attached hydrogens (tertiary/aromatic N) is 2. The van der Waals surface area contributed by atoms with Crippen LogP contribution in [-0.2, 0) is 13.0 Å². The van der Waals surface area contributed by atoms with Crippen LogP contribution in [0.2, 0.25) is 0 Å². The van der Waals surface area contributed by atoms with E-state index in [-0.39, 0.29) is 30.7 Å². The minimum Gasteiger partial charge on any atom is -0.467 e. The number of carbonyl (C=O) groups is 1. The Hall–Kier alpha value is -1.69. The quantitative estimate of drug-likeness (QED) is 0.806. The third-order valence-electron chi connectivity index (χ3n) is 5.76. The number of hydrogen-bond acceptors (Lipinski definition) is 4. The zero-order chi connectivity index (χ0) is 18.1. The number of anilines is 1. The summed E-state index contributed by atoms with van der Waals surface area (Å²) in [5.74, 6) is 0.860. The Kier molecular flexibility index (Phi) is 7.81. The molecule has 0 spiro atoms. The van der Waals surface area contributed by atoms with E-state index in [2.05, 4.69) is 41.4 Å². The fourth-order valence-electron chi connectivity index (χ4n) is 4.25. The highest BCUT2D eigenvalue weighted by Crippen LogP contribution is 2.33. The number of nitrogens with one attached hydrogen (secondary N) is 1. The molecule has 1 fully saturated rings. The van der Waals surface area contributed by atoms with Gasteiger partial charge in [-0.3, -0.25) is 4.79 Å². The minimum atomic E-state index is 0. The van der Waals surface area contributed by atoms with E-state index in [1.165, 1.54) is 11.3 Å². The first-order valence-electron chi connectivity index (χ1n) is 9.55. The largest absolute Gasteiger partial charge is 0.467 e. The highest BCUT2D eigenvalue weighted by atomic mass is 35.5. The maximum Gasteiger partial charge on any atom is 0.257 e. The zero-order valence-electron chi connectivity index (χ0n) is 16.4. The van der Waals surface area contributed by atoms with Crippen LogP contribution in [0.5, 0.6) is 0 Å². The van der Waals surface area contributed by atoms with Crippen LogP contribution in [0.25, 0.3) is 0 Å². The van der Waals surface area contributed by atoms with Gasteiger partial charge in [0.15, 0.2) is 0 Å². The lowest BCUT2D eigenvalue weighted by Crippen LogP contribution is -2.47. The van der Waals surface area contributed by atoms with E-state index < -0.39 is 0 Å². The van der Waals surface area contributed by atoms with Crippen molar-refractivity contribution in [3.63, 3.8) is 0 Å². The Balaban J connectivity index is 0.00000140. The number of hydrogen-bond donors (Lipinski definition) is 1. The van der Waals surface area contributed by atoms with E-state index in [1.807, 2.05) is 18.0 Å². The Morgan fingerprint density at radius 2 is 2.04 bits per heavy atom. The summed E-state index contributed by atoms with van der Waals surface area (Å²) in [6, 6.07) is 11.1. The predicted octanol–water partition coefficient (Wildman–Crippen LogP) is 3.90. The summed E-state index contributed by atoms with van der Waals surface area (Å²) >= 11 is 0. The van der Waals surface area contributed by atoms with Gasteiger partial charge in [-0.05, 0) is 50.9 Å². The Morgan fingerprint density at radius 3 is 2.82 bits per heavy atom. The standard InChI is InChI=1S/C21H27N3O2.2ClH/c1-15-12-16-6-3-4-8-19(16)24(15)14-20-18(9-11-26-20)21(25)23-10-5-7-17(13-23)22-2;;/h3-4,6,8-9,11,15,17,22H,5,7,10,12-14H2,1-2H3;2*1H. The number of halogens is 2. The average Bonchev–Trinajstić information content (AvgIpc) is 3.26. The number of amides is 1. The number of likely N-dealkylation sites (N-methyl/N-ethyl adjacent to an activating group) is 1. The second kappa shape index (κ2) is 9.68. The van der Waals surface area contributed by atoms with Gasteiger partial charge in [-0.2, -0.15) is 0 Å². The first-order chi connectivity index (χ1) is 12.7. The topological polar surface area (TPSA) is 48.7 Å².